The zero-order chi connectivity index (χ0) is 11.7. The van der Waals surface area contributed by atoms with Gasteiger partial charge in [0.1, 0.15) is 5.01 Å². The van der Waals surface area contributed by atoms with Crippen LogP contribution in [-0.4, -0.2) is 20.0 Å². The second kappa shape index (κ2) is 4.21. The van der Waals surface area contributed by atoms with Crippen molar-refractivity contribution in [2.24, 2.45) is 7.05 Å². The number of hydrogen-bond donors (Lipinski definition) is 1. The van der Waals surface area contributed by atoms with Crippen molar-refractivity contribution in [2.45, 2.75) is 27.3 Å². The van der Waals surface area contributed by atoms with Crippen LogP contribution in [0.15, 0.2) is 0 Å². The maximum Gasteiger partial charge on any atom is 0.205 e. The molecule has 0 saturated carbocycles. The Morgan fingerprint density at radius 1 is 1.25 bits per heavy atom. The van der Waals surface area contributed by atoms with Gasteiger partial charge in [0, 0.05) is 24.8 Å². The van der Waals surface area contributed by atoms with Crippen LogP contribution in [0.25, 0.3) is 0 Å². The van der Waals surface area contributed by atoms with Gasteiger partial charge in [-0.3, -0.25) is 4.68 Å². The van der Waals surface area contributed by atoms with Gasteiger partial charge in [-0.1, -0.05) is 11.3 Å². The monoisotopic (exact) mass is 237 g/mol. The van der Waals surface area contributed by atoms with Crippen LogP contribution in [0, 0.1) is 20.8 Å². The summed E-state index contributed by atoms with van der Waals surface area (Å²) in [6, 6.07) is 0. The fourth-order valence-electron chi connectivity index (χ4n) is 1.61. The van der Waals surface area contributed by atoms with E-state index in [0.29, 0.717) is 0 Å². The molecule has 1 N–H and O–H groups in total. The molecule has 86 valence electrons. The second-order valence-corrected chi connectivity index (χ2v) is 4.93. The maximum atomic E-state index is 4.37. The molecule has 5 nitrogen and oxygen atoms in total. The summed E-state index contributed by atoms with van der Waals surface area (Å²) in [5.41, 5.74) is 3.48. The Kier molecular flexibility index (Phi) is 2.91. The third-order valence-corrected chi connectivity index (χ3v) is 3.40. The van der Waals surface area contributed by atoms with Crippen molar-refractivity contribution >= 4 is 16.5 Å². The number of nitrogens with zero attached hydrogens (tertiary/aromatic N) is 4. The van der Waals surface area contributed by atoms with E-state index in [9.17, 15) is 0 Å². The minimum Gasteiger partial charge on any atom is -0.356 e. The van der Waals surface area contributed by atoms with Gasteiger partial charge in [-0.25, -0.2) is 0 Å². The Morgan fingerprint density at radius 3 is 2.50 bits per heavy atom. The third-order valence-electron chi connectivity index (χ3n) is 2.60. The molecule has 0 saturated heterocycles. The molecule has 0 radical (unpaired) electrons. The van der Waals surface area contributed by atoms with Crippen molar-refractivity contribution in [3.63, 3.8) is 0 Å². The van der Waals surface area contributed by atoms with Crippen LogP contribution in [-0.2, 0) is 13.6 Å². The molecule has 2 rings (SSSR count). The minimum atomic E-state index is 0.750. The zero-order valence-electron chi connectivity index (χ0n) is 9.90. The quantitative estimate of drug-likeness (QED) is 0.884. The van der Waals surface area contributed by atoms with Crippen molar-refractivity contribution < 1.29 is 0 Å². The highest BCUT2D eigenvalue weighted by Gasteiger charge is 2.09. The highest BCUT2D eigenvalue weighted by atomic mass is 32.1. The Labute approximate surface area is 98.5 Å². The van der Waals surface area contributed by atoms with E-state index in [1.165, 1.54) is 11.3 Å². The minimum absolute atomic E-state index is 0.750. The summed E-state index contributed by atoms with van der Waals surface area (Å²) in [6.07, 6.45) is 0. The number of aromatic nitrogens is 4. The fraction of sp³-hybridized carbons (Fsp3) is 0.500. The molecule has 2 heterocycles. The van der Waals surface area contributed by atoms with Gasteiger partial charge in [-0.2, -0.15) is 5.10 Å². The average molecular weight is 237 g/mol. The number of nitrogens with one attached hydrogen (secondary N) is 1. The summed E-state index contributed by atoms with van der Waals surface area (Å²) in [7, 11) is 1.96. The lowest BCUT2D eigenvalue weighted by Gasteiger charge is -2.02. The highest BCUT2D eigenvalue weighted by molar-refractivity contribution is 7.15. The van der Waals surface area contributed by atoms with Crippen molar-refractivity contribution in [3.05, 3.63) is 22.0 Å². The summed E-state index contributed by atoms with van der Waals surface area (Å²) in [5.74, 6) is 0. The summed E-state index contributed by atoms with van der Waals surface area (Å²) in [5, 5.41) is 17.5. The molecular weight excluding hydrogens is 222 g/mol. The molecule has 0 amide bonds. The molecule has 0 spiro atoms. The summed E-state index contributed by atoms with van der Waals surface area (Å²) >= 11 is 1.56. The lowest BCUT2D eigenvalue weighted by Crippen LogP contribution is -2.02. The summed E-state index contributed by atoms with van der Waals surface area (Å²) in [4.78, 5) is 0. The molecule has 0 aliphatic rings. The van der Waals surface area contributed by atoms with Gasteiger partial charge in [0.05, 0.1) is 5.69 Å². The third kappa shape index (κ3) is 2.06. The molecular formula is C10H15N5S. The van der Waals surface area contributed by atoms with Crippen LogP contribution >= 0.6 is 11.3 Å². The van der Waals surface area contributed by atoms with E-state index in [1.54, 1.807) is 11.3 Å². The number of anilines is 1. The molecule has 0 aromatic carbocycles. The van der Waals surface area contributed by atoms with Gasteiger partial charge in [0.15, 0.2) is 0 Å². The lowest BCUT2D eigenvalue weighted by molar-refractivity contribution is 0.730. The van der Waals surface area contributed by atoms with Crippen molar-refractivity contribution in [2.75, 3.05) is 5.32 Å². The normalized spacial score (nSPS) is 10.8. The van der Waals surface area contributed by atoms with Crippen LogP contribution in [0.1, 0.15) is 22.0 Å². The number of rotatable bonds is 3. The van der Waals surface area contributed by atoms with Crippen molar-refractivity contribution in [3.8, 4) is 0 Å². The molecule has 0 unspecified atom stereocenters. The molecule has 2 aromatic rings. The topological polar surface area (TPSA) is 55.6 Å². The van der Waals surface area contributed by atoms with E-state index in [0.717, 1.165) is 22.4 Å². The number of hydrogen-bond acceptors (Lipinski definition) is 5. The first-order valence-electron chi connectivity index (χ1n) is 5.11. The van der Waals surface area contributed by atoms with Crippen LogP contribution in [0.4, 0.5) is 5.13 Å². The maximum absolute atomic E-state index is 4.37. The van der Waals surface area contributed by atoms with E-state index >= 15 is 0 Å². The van der Waals surface area contributed by atoms with Crippen LogP contribution in [0.3, 0.4) is 0 Å². The molecule has 0 aliphatic heterocycles. The van der Waals surface area contributed by atoms with Gasteiger partial charge in [0.25, 0.3) is 0 Å². The van der Waals surface area contributed by atoms with E-state index < -0.39 is 0 Å². The summed E-state index contributed by atoms with van der Waals surface area (Å²) in [6.45, 7) is 6.79. The Hall–Kier alpha value is -1.43. The van der Waals surface area contributed by atoms with Gasteiger partial charge in [-0.05, 0) is 20.8 Å². The Bertz CT molecular complexity index is 499. The molecule has 0 atom stereocenters. The smallest absolute Gasteiger partial charge is 0.205 e. The molecule has 6 heteroatoms. The van der Waals surface area contributed by atoms with E-state index in [1.807, 2.05) is 25.6 Å². The van der Waals surface area contributed by atoms with Crippen molar-refractivity contribution in [1.82, 2.24) is 20.0 Å². The van der Waals surface area contributed by atoms with Crippen LogP contribution in [0.2, 0.25) is 0 Å². The molecule has 0 fully saturated rings. The van der Waals surface area contributed by atoms with Gasteiger partial charge < -0.3 is 5.32 Å². The predicted octanol–water partition coefficient (Wildman–Crippen LogP) is 1.81. The predicted molar refractivity (Wildman–Crippen MR) is 64.7 cm³/mol. The number of aryl methyl sites for hydroxylation is 3. The second-order valence-electron chi connectivity index (χ2n) is 3.75. The molecule has 2 aromatic heterocycles. The van der Waals surface area contributed by atoms with E-state index in [4.69, 9.17) is 0 Å². The lowest BCUT2D eigenvalue weighted by atomic mass is 10.2. The SMILES string of the molecule is Cc1nnc(NCc2c(C)nn(C)c2C)s1. The van der Waals surface area contributed by atoms with Gasteiger partial charge >= 0.3 is 0 Å². The van der Waals surface area contributed by atoms with Gasteiger partial charge in [-0.15, -0.1) is 10.2 Å². The van der Waals surface area contributed by atoms with E-state index in [-0.39, 0.29) is 0 Å². The van der Waals surface area contributed by atoms with Crippen LogP contribution < -0.4 is 5.32 Å². The van der Waals surface area contributed by atoms with Crippen LogP contribution in [0.5, 0.6) is 0 Å². The Balaban J connectivity index is 2.10. The average Bonchev–Trinajstić information content (AvgIpc) is 2.72. The highest BCUT2D eigenvalue weighted by Crippen LogP contribution is 2.17. The Morgan fingerprint density at radius 2 is 2.00 bits per heavy atom. The van der Waals surface area contributed by atoms with Gasteiger partial charge in [0.2, 0.25) is 5.13 Å². The first kappa shape index (κ1) is 11.1. The first-order chi connectivity index (χ1) is 7.58. The van der Waals surface area contributed by atoms with E-state index in [2.05, 4.69) is 27.5 Å². The fourth-order valence-corrected chi connectivity index (χ4v) is 2.19. The molecule has 0 bridgehead atoms. The molecule has 16 heavy (non-hydrogen) atoms. The summed E-state index contributed by atoms with van der Waals surface area (Å²) < 4.78 is 1.90. The first-order valence-corrected chi connectivity index (χ1v) is 5.92. The molecule has 0 aliphatic carbocycles. The largest absolute Gasteiger partial charge is 0.356 e. The van der Waals surface area contributed by atoms with Crippen molar-refractivity contribution in [1.29, 1.82) is 0 Å². The standard InChI is InChI=1S/C10H15N5S/c1-6-9(7(2)15(4)14-6)5-11-10-13-12-8(3)16-10/h5H2,1-4H3,(H,11,13). The zero-order valence-corrected chi connectivity index (χ0v) is 10.7.